The molecule has 1 heteroatoms. The Morgan fingerprint density at radius 2 is 1.79 bits per heavy atom. The van der Waals surface area contributed by atoms with Gasteiger partial charge in [-0.3, -0.25) is 0 Å². The van der Waals surface area contributed by atoms with E-state index in [4.69, 9.17) is 0 Å². The summed E-state index contributed by atoms with van der Waals surface area (Å²) in [7, 11) is 0. The maximum absolute atomic E-state index is 2.21. The van der Waals surface area contributed by atoms with Crippen molar-refractivity contribution in [2.45, 2.75) is 33.6 Å². The van der Waals surface area contributed by atoms with Gasteiger partial charge in [-0.05, 0) is 29.7 Å². The van der Waals surface area contributed by atoms with E-state index in [1.54, 1.807) is 0 Å². The molecule has 2 heterocycles. The monoisotopic (exact) mass is 189 g/mol. The molecule has 0 aliphatic heterocycles. The van der Waals surface area contributed by atoms with Crippen LogP contribution in [0.5, 0.6) is 0 Å². The maximum atomic E-state index is 2.21. The quantitative estimate of drug-likeness (QED) is 0.636. The van der Waals surface area contributed by atoms with Gasteiger partial charge in [0, 0.05) is 17.9 Å². The minimum absolute atomic E-state index is 0.608. The van der Waals surface area contributed by atoms with Crippen LogP contribution in [0.1, 0.15) is 39.2 Å². The fourth-order valence-corrected chi connectivity index (χ4v) is 1.39. The summed E-state index contributed by atoms with van der Waals surface area (Å²) < 4.78 is 2.16. The zero-order valence-corrected chi connectivity index (χ0v) is 9.49. The molecule has 14 heavy (non-hydrogen) atoms. The van der Waals surface area contributed by atoms with E-state index < -0.39 is 0 Å². The third-order valence-corrected chi connectivity index (χ3v) is 2.21. The van der Waals surface area contributed by atoms with Crippen LogP contribution in [0.2, 0.25) is 0 Å². The van der Waals surface area contributed by atoms with Gasteiger partial charge in [0.2, 0.25) is 0 Å². The summed E-state index contributed by atoms with van der Waals surface area (Å²) in [5.41, 5.74) is 2.65. The van der Waals surface area contributed by atoms with Gasteiger partial charge in [0.1, 0.15) is 0 Å². The third kappa shape index (κ3) is 2.16. The number of hydrogen-bond acceptors (Lipinski definition) is 0. The summed E-state index contributed by atoms with van der Waals surface area (Å²) in [4.78, 5) is 0. The number of nitrogens with zero attached hydrogens (tertiary/aromatic N) is 1. The fraction of sp³-hybridized carbons (Fsp3) is 0.385. The number of hydrogen-bond donors (Lipinski definition) is 0. The minimum Gasteiger partial charge on any atom is -0.324 e. The van der Waals surface area contributed by atoms with E-state index in [1.165, 1.54) is 11.1 Å². The van der Waals surface area contributed by atoms with Crippen molar-refractivity contribution in [1.29, 1.82) is 0 Å². The predicted molar refractivity (Wildman–Crippen MR) is 62.8 cm³/mol. The standard InChI is InChI=1S/C11H13N.C2H6/c1-9(2)10-5-6-11-4-3-7-12(11)8-10;1-2/h3-9H,1-2H3;1-2H3. The second kappa shape index (κ2) is 4.85. The van der Waals surface area contributed by atoms with Crippen molar-refractivity contribution in [3.05, 3.63) is 42.2 Å². The van der Waals surface area contributed by atoms with E-state index in [-0.39, 0.29) is 0 Å². The SMILES string of the molecule is CC.CC(C)c1ccc2cccn2c1. The van der Waals surface area contributed by atoms with Gasteiger partial charge in [-0.15, -0.1) is 0 Å². The second-order valence-corrected chi connectivity index (χ2v) is 3.46. The Labute approximate surface area is 86.4 Å². The van der Waals surface area contributed by atoms with Gasteiger partial charge >= 0.3 is 0 Å². The van der Waals surface area contributed by atoms with Crippen LogP contribution in [0.3, 0.4) is 0 Å². The van der Waals surface area contributed by atoms with Crippen LogP contribution in [-0.4, -0.2) is 4.40 Å². The average Bonchev–Trinajstić information content (AvgIpc) is 2.67. The van der Waals surface area contributed by atoms with Crippen molar-refractivity contribution >= 4 is 5.52 Å². The summed E-state index contributed by atoms with van der Waals surface area (Å²) in [6.07, 6.45) is 4.28. The highest BCUT2D eigenvalue weighted by Crippen LogP contribution is 2.15. The normalized spacial score (nSPS) is 10.1. The van der Waals surface area contributed by atoms with E-state index in [1.807, 2.05) is 13.8 Å². The van der Waals surface area contributed by atoms with Crippen LogP contribution in [0, 0.1) is 0 Å². The largest absolute Gasteiger partial charge is 0.324 e. The van der Waals surface area contributed by atoms with Crippen molar-refractivity contribution in [3.8, 4) is 0 Å². The number of aromatic nitrogens is 1. The Morgan fingerprint density at radius 1 is 1.07 bits per heavy atom. The van der Waals surface area contributed by atoms with Crippen LogP contribution >= 0.6 is 0 Å². The predicted octanol–water partition coefficient (Wildman–Crippen LogP) is 4.09. The topological polar surface area (TPSA) is 4.41 Å². The molecule has 0 amide bonds. The molecule has 2 aromatic heterocycles. The third-order valence-electron chi connectivity index (χ3n) is 2.21. The molecule has 0 saturated heterocycles. The first-order valence-electron chi connectivity index (χ1n) is 5.34. The van der Waals surface area contributed by atoms with Gasteiger partial charge in [-0.2, -0.15) is 0 Å². The first-order valence-corrected chi connectivity index (χ1v) is 5.34. The van der Waals surface area contributed by atoms with Crippen molar-refractivity contribution < 1.29 is 0 Å². The summed E-state index contributed by atoms with van der Waals surface area (Å²) in [6, 6.07) is 8.54. The zero-order valence-electron chi connectivity index (χ0n) is 9.49. The molecule has 0 spiro atoms. The summed E-state index contributed by atoms with van der Waals surface area (Å²) >= 11 is 0. The van der Waals surface area contributed by atoms with Gasteiger partial charge in [0.25, 0.3) is 0 Å². The molecule has 0 bridgehead atoms. The molecular weight excluding hydrogens is 170 g/mol. The van der Waals surface area contributed by atoms with Crippen molar-refractivity contribution in [3.63, 3.8) is 0 Å². The molecule has 2 aromatic rings. The molecule has 2 rings (SSSR count). The van der Waals surface area contributed by atoms with Crippen LogP contribution in [0.25, 0.3) is 5.52 Å². The lowest BCUT2D eigenvalue weighted by Gasteiger charge is -2.05. The molecule has 0 fully saturated rings. The molecule has 0 atom stereocenters. The summed E-state index contributed by atoms with van der Waals surface area (Å²) in [5.74, 6) is 0.608. The molecule has 0 aliphatic carbocycles. The number of rotatable bonds is 1. The maximum Gasteiger partial charge on any atom is 0.0450 e. The van der Waals surface area contributed by atoms with E-state index >= 15 is 0 Å². The lowest BCUT2D eigenvalue weighted by Crippen LogP contribution is -1.90. The highest BCUT2D eigenvalue weighted by molar-refractivity contribution is 5.48. The lowest BCUT2D eigenvalue weighted by atomic mass is 10.1. The summed E-state index contributed by atoms with van der Waals surface area (Å²) in [6.45, 7) is 8.43. The Hall–Kier alpha value is -1.24. The Bertz CT molecular complexity index is 385. The zero-order chi connectivity index (χ0) is 10.6. The summed E-state index contributed by atoms with van der Waals surface area (Å²) in [5, 5.41) is 0. The molecule has 0 saturated carbocycles. The van der Waals surface area contributed by atoms with Crippen molar-refractivity contribution in [2.75, 3.05) is 0 Å². The van der Waals surface area contributed by atoms with Crippen LogP contribution in [-0.2, 0) is 0 Å². The van der Waals surface area contributed by atoms with Gasteiger partial charge in [-0.1, -0.05) is 33.8 Å². The molecule has 0 N–H and O–H groups in total. The fourth-order valence-electron chi connectivity index (χ4n) is 1.39. The molecule has 0 radical (unpaired) electrons. The van der Waals surface area contributed by atoms with Crippen molar-refractivity contribution in [1.82, 2.24) is 4.40 Å². The molecule has 0 aromatic carbocycles. The molecule has 1 nitrogen and oxygen atoms in total. The Kier molecular flexibility index (Phi) is 3.75. The first-order chi connectivity index (χ1) is 6.77. The van der Waals surface area contributed by atoms with Crippen LogP contribution in [0.15, 0.2) is 36.7 Å². The molecule has 76 valence electrons. The Morgan fingerprint density at radius 3 is 2.43 bits per heavy atom. The van der Waals surface area contributed by atoms with E-state index in [2.05, 4.69) is 54.9 Å². The smallest absolute Gasteiger partial charge is 0.0450 e. The molecular formula is C13H19N. The minimum atomic E-state index is 0.608. The van der Waals surface area contributed by atoms with Gasteiger partial charge in [0.15, 0.2) is 0 Å². The average molecular weight is 189 g/mol. The van der Waals surface area contributed by atoms with Crippen molar-refractivity contribution in [2.24, 2.45) is 0 Å². The van der Waals surface area contributed by atoms with Crippen LogP contribution in [0.4, 0.5) is 0 Å². The molecule has 0 aliphatic rings. The first kappa shape index (κ1) is 10.8. The van der Waals surface area contributed by atoms with E-state index in [0.29, 0.717) is 5.92 Å². The highest BCUT2D eigenvalue weighted by Gasteiger charge is 1.98. The van der Waals surface area contributed by atoms with Gasteiger partial charge in [-0.25, -0.2) is 0 Å². The van der Waals surface area contributed by atoms with E-state index in [9.17, 15) is 0 Å². The molecule has 0 unspecified atom stereocenters. The highest BCUT2D eigenvalue weighted by atomic mass is 14.8. The van der Waals surface area contributed by atoms with Gasteiger partial charge < -0.3 is 4.40 Å². The number of fused-ring (bicyclic) bond motifs is 1. The second-order valence-electron chi connectivity index (χ2n) is 3.46. The lowest BCUT2D eigenvalue weighted by molar-refractivity contribution is 0.854. The number of pyridine rings is 1. The Balaban J connectivity index is 0.000000461. The van der Waals surface area contributed by atoms with E-state index in [0.717, 1.165) is 0 Å². The van der Waals surface area contributed by atoms with Gasteiger partial charge in [0.05, 0.1) is 0 Å². The van der Waals surface area contributed by atoms with Crippen LogP contribution < -0.4 is 0 Å².